The molecule has 0 saturated carbocycles. The maximum atomic E-state index is 13.2. The topological polar surface area (TPSA) is 12.0 Å². The Morgan fingerprint density at radius 2 is 1.78 bits per heavy atom. The minimum Gasteiger partial charge on any atom is -0.308 e. The molecule has 1 rings (SSSR count). The van der Waals surface area contributed by atoms with Gasteiger partial charge in [0.25, 0.3) is 0 Å². The fourth-order valence-corrected chi connectivity index (χ4v) is 2.59. The number of halogens is 2. The molecule has 0 aliphatic heterocycles. The summed E-state index contributed by atoms with van der Waals surface area (Å²) in [5, 5.41) is 4.06. The van der Waals surface area contributed by atoms with Gasteiger partial charge in [0.05, 0.1) is 0 Å². The molecule has 0 heterocycles. The van der Waals surface area contributed by atoms with E-state index < -0.39 is 0 Å². The number of nitrogens with one attached hydrogen (secondary N) is 1. The van der Waals surface area contributed by atoms with E-state index in [1.807, 2.05) is 0 Å². The van der Waals surface area contributed by atoms with Crippen molar-refractivity contribution in [2.24, 2.45) is 5.41 Å². The lowest BCUT2D eigenvalue weighted by Gasteiger charge is -2.33. The molecule has 18 heavy (non-hydrogen) atoms. The number of rotatable bonds is 4. The van der Waals surface area contributed by atoms with E-state index in [9.17, 15) is 4.39 Å². The predicted octanol–water partition coefficient (Wildman–Crippen LogP) is 4.78. The SMILES string of the molecule is CC(C)(C)CC(C)(C)NCc1cc(F)ccc1Cl. The van der Waals surface area contributed by atoms with Gasteiger partial charge in [-0.05, 0) is 49.4 Å². The Morgan fingerprint density at radius 1 is 1.17 bits per heavy atom. The fraction of sp³-hybridized carbons (Fsp3) is 0.600. The average Bonchev–Trinajstić information content (AvgIpc) is 2.16. The molecule has 3 heteroatoms. The van der Waals surface area contributed by atoms with E-state index in [0.29, 0.717) is 11.6 Å². The van der Waals surface area contributed by atoms with E-state index in [2.05, 4.69) is 39.9 Å². The molecule has 0 saturated heterocycles. The van der Waals surface area contributed by atoms with Crippen molar-refractivity contribution in [2.75, 3.05) is 0 Å². The first-order valence-corrected chi connectivity index (χ1v) is 6.66. The highest BCUT2D eigenvalue weighted by atomic mass is 35.5. The van der Waals surface area contributed by atoms with Crippen molar-refractivity contribution < 1.29 is 4.39 Å². The van der Waals surface area contributed by atoms with Gasteiger partial charge in [-0.25, -0.2) is 4.39 Å². The van der Waals surface area contributed by atoms with E-state index in [-0.39, 0.29) is 16.8 Å². The van der Waals surface area contributed by atoms with E-state index in [4.69, 9.17) is 11.6 Å². The van der Waals surface area contributed by atoms with Crippen molar-refractivity contribution in [3.8, 4) is 0 Å². The summed E-state index contributed by atoms with van der Waals surface area (Å²) in [5.41, 5.74) is 1.05. The lowest BCUT2D eigenvalue weighted by atomic mass is 9.82. The molecule has 102 valence electrons. The first-order valence-electron chi connectivity index (χ1n) is 6.28. The molecule has 0 atom stereocenters. The van der Waals surface area contributed by atoms with E-state index >= 15 is 0 Å². The van der Waals surface area contributed by atoms with Crippen molar-refractivity contribution >= 4 is 11.6 Å². The van der Waals surface area contributed by atoms with Gasteiger partial charge in [0.15, 0.2) is 0 Å². The lowest BCUT2D eigenvalue weighted by Crippen LogP contribution is -2.41. The van der Waals surface area contributed by atoms with Gasteiger partial charge in [-0.3, -0.25) is 0 Å². The van der Waals surface area contributed by atoms with Crippen LogP contribution in [-0.2, 0) is 6.54 Å². The van der Waals surface area contributed by atoms with Gasteiger partial charge in [-0.2, -0.15) is 0 Å². The van der Waals surface area contributed by atoms with Crippen molar-refractivity contribution in [1.29, 1.82) is 0 Å². The summed E-state index contributed by atoms with van der Waals surface area (Å²) in [6, 6.07) is 4.47. The van der Waals surface area contributed by atoms with Crippen LogP contribution >= 0.6 is 11.6 Å². The molecule has 1 aromatic rings. The van der Waals surface area contributed by atoms with Gasteiger partial charge >= 0.3 is 0 Å². The molecule has 0 fully saturated rings. The highest BCUT2D eigenvalue weighted by molar-refractivity contribution is 6.31. The fourth-order valence-electron chi connectivity index (χ4n) is 2.40. The van der Waals surface area contributed by atoms with Crippen molar-refractivity contribution in [1.82, 2.24) is 5.32 Å². The van der Waals surface area contributed by atoms with E-state index in [0.717, 1.165) is 12.0 Å². The van der Waals surface area contributed by atoms with Crippen LogP contribution in [0.15, 0.2) is 18.2 Å². The second-order valence-corrected chi connectivity index (χ2v) is 7.12. The number of hydrogen-bond donors (Lipinski definition) is 1. The average molecular weight is 272 g/mol. The van der Waals surface area contributed by atoms with Crippen LogP contribution in [0.2, 0.25) is 5.02 Å². The normalized spacial score (nSPS) is 12.8. The Hall–Kier alpha value is -0.600. The second-order valence-electron chi connectivity index (χ2n) is 6.71. The molecule has 0 spiro atoms. The molecule has 1 nitrogen and oxygen atoms in total. The van der Waals surface area contributed by atoms with Crippen molar-refractivity contribution in [2.45, 2.75) is 53.1 Å². The zero-order valence-corrected chi connectivity index (χ0v) is 12.7. The van der Waals surface area contributed by atoms with Crippen LogP contribution in [0.4, 0.5) is 4.39 Å². The molecule has 0 bridgehead atoms. The van der Waals surface area contributed by atoms with Crippen LogP contribution in [0.1, 0.15) is 46.6 Å². The Morgan fingerprint density at radius 3 is 2.33 bits per heavy atom. The molecular weight excluding hydrogens is 249 g/mol. The largest absolute Gasteiger partial charge is 0.308 e. The number of benzene rings is 1. The van der Waals surface area contributed by atoms with Crippen LogP contribution in [-0.4, -0.2) is 5.54 Å². The van der Waals surface area contributed by atoms with Crippen LogP contribution in [0.25, 0.3) is 0 Å². The monoisotopic (exact) mass is 271 g/mol. The quantitative estimate of drug-likeness (QED) is 0.831. The molecule has 1 N–H and O–H groups in total. The summed E-state index contributed by atoms with van der Waals surface area (Å²) in [4.78, 5) is 0. The zero-order valence-electron chi connectivity index (χ0n) is 11.9. The standard InChI is InChI=1S/C15H23ClFN/c1-14(2,3)10-15(4,5)18-9-11-8-12(17)6-7-13(11)16/h6-8,18H,9-10H2,1-5H3. The van der Waals surface area contributed by atoms with Crippen LogP contribution in [0.3, 0.4) is 0 Å². The molecule has 0 amide bonds. The third kappa shape index (κ3) is 5.36. The maximum Gasteiger partial charge on any atom is 0.123 e. The van der Waals surface area contributed by atoms with Crippen LogP contribution in [0.5, 0.6) is 0 Å². The third-order valence-corrected chi connectivity index (χ3v) is 3.11. The highest BCUT2D eigenvalue weighted by Gasteiger charge is 2.24. The van der Waals surface area contributed by atoms with E-state index in [1.54, 1.807) is 6.07 Å². The van der Waals surface area contributed by atoms with Gasteiger partial charge < -0.3 is 5.32 Å². The second kappa shape index (κ2) is 5.58. The van der Waals surface area contributed by atoms with Crippen molar-refractivity contribution in [3.05, 3.63) is 34.6 Å². The molecule has 0 unspecified atom stereocenters. The first-order chi connectivity index (χ1) is 8.09. The molecule has 0 radical (unpaired) electrons. The minimum absolute atomic E-state index is 0.00606. The zero-order chi connectivity index (χ0) is 14.0. The summed E-state index contributed by atoms with van der Waals surface area (Å²) >= 11 is 6.05. The van der Waals surface area contributed by atoms with Crippen molar-refractivity contribution in [3.63, 3.8) is 0 Å². The van der Waals surface area contributed by atoms with Gasteiger partial charge in [-0.1, -0.05) is 32.4 Å². The predicted molar refractivity (Wildman–Crippen MR) is 76.4 cm³/mol. The Kier molecular flexibility index (Phi) is 4.79. The third-order valence-electron chi connectivity index (χ3n) is 2.74. The summed E-state index contributed by atoms with van der Waals surface area (Å²) in [7, 11) is 0. The molecule has 0 aromatic heterocycles. The Bertz CT molecular complexity index is 407. The van der Waals surface area contributed by atoms with Gasteiger partial charge in [0.1, 0.15) is 5.82 Å². The molecular formula is C15H23ClFN. The smallest absolute Gasteiger partial charge is 0.123 e. The van der Waals surface area contributed by atoms with Gasteiger partial charge in [0.2, 0.25) is 0 Å². The van der Waals surface area contributed by atoms with Crippen LogP contribution < -0.4 is 5.32 Å². The molecule has 0 aliphatic carbocycles. The number of hydrogen-bond acceptors (Lipinski definition) is 1. The molecule has 0 aliphatic rings. The summed E-state index contributed by atoms with van der Waals surface area (Å²) < 4.78 is 13.2. The first kappa shape index (κ1) is 15.5. The van der Waals surface area contributed by atoms with Gasteiger partial charge in [0, 0.05) is 17.1 Å². The minimum atomic E-state index is -0.246. The maximum absolute atomic E-state index is 13.2. The highest BCUT2D eigenvalue weighted by Crippen LogP contribution is 2.27. The summed E-state index contributed by atoms with van der Waals surface area (Å²) in [5.74, 6) is -0.246. The van der Waals surface area contributed by atoms with E-state index in [1.165, 1.54) is 12.1 Å². The Balaban J connectivity index is 2.67. The van der Waals surface area contributed by atoms with Gasteiger partial charge in [-0.15, -0.1) is 0 Å². The molecule has 1 aromatic carbocycles. The van der Waals surface area contributed by atoms with Crippen LogP contribution in [0, 0.1) is 11.2 Å². The summed E-state index contributed by atoms with van der Waals surface area (Å²) in [6.45, 7) is 11.5. The summed E-state index contributed by atoms with van der Waals surface area (Å²) in [6.07, 6.45) is 1.03. The Labute approximate surface area is 115 Å². The lowest BCUT2D eigenvalue weighted by molar-refractivity contribution is 0.240.